The van der Waals surface area contributed by atoms with E-state index >= 15 is 0 Å². The van der Waals surface area contributed by atoms with Gasteiger partial charge in [0.05, 0.1) is 5.75 Å². The molecule has 0 saturated heterocycles. The number of hydrogen-bond donors (Lipinski definition) is 0. The highest BCUT2D eigenvalue weighted by atomic mass is 32.2. The molecule has 1 aliphatic heterocycles. The molecule has 0 fully saturated rings. The van der Waals surface area contributed by atoms with Crippen LogP contribution in [-0.2, 0) is 0 Å². The fraction of sp³-hybridized carbons (Fsp3) is 0.167. The van der Waals surface area contributed by atoms with Crippen molar-refractivity contribution in [1.29, 1.82) is 10.5 Å². The highest BCUT2D eigenvalue weighted by Gasteiger charge is 2.15. The minimum Gasteiger partial charge on any atom is -0.214 e. The van der Waals surface area contributed by atoms with Crippen LogP contribution in [0.5, 0.6) is 0 Å². The average molecular weight is 167 g/mol. The first kappa shape index (κ1) is 7.77. The summed E-state index contributed by atoms with van der Waals surface area (Å²) in [6.45, 7) is 0. The second-order valence-corrected chi connectivity index (χ2v) is 2.64. The number of hydrogen-bond acceptors (Lipinski definition) is 4. The van der Waals surface area contributed by atoms with E-state index < -0.39 is 5.97 Å². The van der Waals surface area contributed by atoms with E-state index in [9.17, 15) is 4.39 Å². The molecule has 1 aliphatic rings. The summed E-state index contributed by atoms with van der Waals surface area (Å²) in [6, 6.07) is 3.28. The van der Waals surface area contributed by atoms with Gasteiger partial charge in [0.2, 0.25) is 5.97 Å². The summed E-state index contributed by atoms with van der Waals surface area (Å²) in [5.41, 5.74) is -0.123. The summed E-state index contributed by atoms with van der Waals surface area (Å²) in [5.74, 6) is -0.407. The number of halogens is 1. The lowest BCUT2D eigenvalue weighted by molar-refractivity contribution is 0.803. The second-order valence-electron chi connectivity index (χ2n) is 1.68. The smallest absolute Gasteiger partial charge is 0.200 e. The van der Waals surface area contributed by atoms with Crippen LogP contribution in [0.2, 0.25) is 0 Å². The summed E-state index contributed by atoms with van der Waals surface area (Å²) in [6.07, 6.45) is 0. The van der Waals surface area contributed by atoms with E-state index in [2.05, 4.69) is 4.99 Å². The maximum atomic E-state index is 12.3. The van der Waals surface area contributed by atoms with E-state index in [1.54, 1.807) is 12.1 Å². The molecule has 0 unspecified atom stereocenters. The molecular formula is C6H2FN3S. The largest absolute Gasteiger partial charge is 0.214 e. The van der Waals surface area contributed by atoms with Crippen molar-refractivity contribution in [2.24, 2.45) is 4.99 Å². The fourth-order valence-corrected chi connectivity index (χ4v) is 1.27. The molecule has 0 spiro atoms. The molecule has 0 saturated carbocycles. The second kappa shape index (κ2) is 3.18. The van der Waals surface area contributed by atoms with Gasteiger partial charge in [0, 0.05) is 0 Å². The Morgan fingerprint density at radius 1 is 1.55 bits per heavy atom. The third kappa shape index (κ3) is 1.57. The molecule has 3 nitrogen and oxygen atoms in total. The number of allylic oxidation sites excluding steroid dienone is 1. The first-order valence-electron chi connectivity index (χ1n) is 2.68. The Morgan fingerprint density at radius 3 is 2.55 bits per heavy atom. The van der Waals surface area contributed by atoms with Gasteiger partial charge in [-0.1, -0.05) is 11.8 Å². The van der Waals surface area contributed by atoms with Crippen LogP contribution in [0.3, 0.4) is 0 Å². The minimum atomic E-state index is -0.534. The van der Waals surface area contributed by atoms with Gasteiger partial charge in [0.15, 0.2) is 5.57 Å². The molecular weight excluding hydrogens is 165 g/mol. The van der Waals surface area contributed by atoms with E-state index in [0.717, 1.165) is 11.8 Å². The Hall–Kier alpha value is -1.33. The van der Waals surface area contributed by atoms with Crippen LogP contribution in [0, 0.1) is 22.7 Å². The Bertz CT molecular complexity index is 302. The van der Waals surface area contributed by atoms with Gasteiger partial charge in [0.1, 0.15) is 17.2 Å². The molecule has 0 radical (unpaired) electrons. The Morgan fingerprint density at radius 2 is 2.18 bits per heavy atom. The third-order valence-corrected chi connectivity index (χ3v) is 1.94. The van der Waals surface area contributed by atoms with Crippen LogP contribution in [0.1, 0.15) is 0 Å². The zero-order chi connectivity index (χ0) is 8.27. The molecule has 0 atom stereocenters. The van der Waals surface area contributed by atoms with E-state index in [1.807, 2.05) is 0 Å². The molecule has 1 rings (SSSR count). The van der Waals surface area contributed by atoms with Crippen molar-refractivity contribution in [3.63, 3.8) is 0 Å². The van der Waals surface area contributed by atoms with Crippen LogP contribution in [-0.4, -0.2) is 11.7 Å². The summed E-state index contributed by atoms with van der Waals surface area (Å²) in [4.78, 5) is 3.38. The van der Waals surface area contributed by atoms with Gasteiger partial charge < -0.3 is 0 Å². The summed E-state index contributed by atoms with van der Waals surface area (Å²) < 4.78 is 12.3. The van der Waals surface area contributed by atoms with Crippen molar-refractivity contribution in [1.82, 2.24) is 0 Å². The van der Waals surface area contributed by atoms with Crippen LogP contribution < -0.4 is 0 Å². The fourth-order valence-electron chi connectivity index (χ4n) is 0.551. The zero-order valence-corrected chi connectivity index (χ0v) is 6.15. The molecule has 0 aromatic heterocycles. The molecule has 0 aromatic rings. The number of thioether (sulfide) groups is 1. The Labute approximate surface area is 66.8 Å². The highest BCUT2D eigenvalue weighted by molar-refractivity contribution is 8.04. The van der Waals surface area contributed by atoms with E-state index in [-0.39, 0.29) is 16.4 Å². The molecule has 0 amide bonds. The van der Waals surface area contributed by atoms with Gasteiger partial charge in [0.25, 0.3) is 0 Å². The Balaban J connectivity index is 3.02. The van der Waals surface area contributed by atoms with Gasteiger partial charge in [-0.3, -0.25) is 0 Å². The average Bonchev–Trinajstić information content (AvgIpc) is 2.39. The SMILES string of the molecule is N#CC(C#N)=C1N=C(F)CS1. The molecule has 0 aromatic carbocycles. The summed E-state index contributed by atoms with van der Waals surface area (Å²) in [5, 5.41) is 16.9. The molecule has 0 aliphatic carbocycles. The lowest BCUT2D eigenvalue weighted by Gasteiger charge is -1.85. The predicted molar refractivity (Wildman–Crippen MR) is 39.3 cm³/mol. The van der Waals surface area contributed by atoms with Gasteiger partial charge in [-0.25, -0.2) is 4.99 Å². The number of aliphatic imine (C=N–C) groups is 1. The molecule has 11 heavy (non-hydrogen) atoms. The van der Waals surface area contributed by atoms with Gasteiger partial charge in [-0.2, -0.15) is 14.9 Å². The normalized spacial score (nSPS) is 15.2. The van der Waals surface area contributed by atoms with E-state index in [4.69, 9.17) is 10.5 Å². The number of nitrogens with zero attached hydrogens (tertiary/aromatic N) is 3. The molecule has 0 N–H and O–H groups in total. The molecule has 5 heteroatoms. The molecule has 54 valence electrons. The van der Waals surface area contributed by atoms with Crippen molar-refractivity contribution < 1.29 is 4.39 Å². The zero-order valence-electron chi connectivity index (χ0n) is 5.33. The number of nitriles is 2. The monoisotopic (exact) mass is 167 g/mol. The van der Waals surface area contributed by atoms with Gasteiger partial charge in [-0.15, -0.1) is 0 Å². The highest BCUT2D eigenvalue weighted by Crippen LogP contribution is 2.27. The third-order valence-electron chi connectivity index (χ3n) is 0.988. The molecule has 1 heterocycles. The van der Waals surface area contributed by atoms with Gasteiger partial charge >= 0.3 is 0 Å². The van der Waals surface area contributed by atoms with Crippen molar-refractivity contribution in [3.05, 3.63) is 10.6 Å². The maximum absolute atomic E-state index is 12.3. The quantitative estimate of drug-likeness (QED) is 0.512. The lowest BCUT2D eigenvalue weighted by atomic mass is 10.4. The van der Waals surface area contributed by atoms with Crippen LogP contribution in [0.15, 0.2) is 15.6 Å². The van der Waals surface area contributed by atoms with E-state index in [1.165, 1.54) is 0 Å². The van der Waals surface area contributed by atoms with Crippen LogP contribution in [0.4, 0.5) is 4.39 Å². The van der Waals surface area contributed by atoms with E-state index in [0.29, 0.717) is 0 Å². The minimum absolute atomic E-state index is 0.123. The predicted octanol–water partition coefficient (Wildman–Crippen LogP) is 1.36. The maximum Gasteiger partial charge on any atom is 0.200 e. The first-order valence-corrected chi connectivity index (χ1v) is 3.67. The summed E-state index contributed by atoms with van der Waals surface area (Å²) >= 11 is 1.06. The first-order chi connectivity index (χ1) is 5.27. The van der Waals surface area contributed by atoms with Gasteiger partial charge in [-0.05, 0) is 0 Å². The van der Waals surface area contributed by atoms with Crippen LogP contribution in [0.25, 0.3) is 0 Å². The molecule has 0 bridgehead atoms. The standard InChI is InChI=1S/C6H2FN3S/c7-5-3-11-6(10-5)4(1-8)2-9/h3H2. The van der Waals surface area contributed by atoms with Crippen LogP contribution >= 0.6 is 11.8 Å². The van der Waals surface area contributed by atoms with Crippen molar-refractivity contribution in [2.45, 2.75) is 0 Å². The van der Waals surface area contributed by atoms with Crippen molar-refractivity contribution in [2.75, 3.05) is 5.75 Å². The Kier molecular flexibility index (Phi) is 2.25. The number of rotatable bonds is 0. The summed E-state index contributed by atoms with van der Waals surface area (Å²) in [7, 11) is 0. The van der Waals surface area contributed by atoms with Crippen molar-refractivity contribution in [3.8, 4) is 12.1 Å². The topological polar surface area (TPSA) is 59.9 Å². The van der Waals surface area contributed by atoms with Crippen molar-refractivity contribution >= 4 is 17.7 Å². The lowest BCUT2D eigenvalue weighted by Crippen LogP contribution is -1.81.